The summed E-state index contributed by atoms with van der Waals surface area (Å²) in [5.74, 6) is 0.576. The van der Waals surface area contributed by atoms with Crippen LogP contribution in [0.5, 0.6) is 0 Å². The van der Waals surface area contributed by atoms with E-state index in [1.54, 1.807) is 18.7 Å². The highest BCUT2D eigenvalue weighted by atomic mass is 16.5. The van der Waals surface area contributed by atoms with Crippen molar-refractivity contribution in [2.24, 2.45) is 0 Å². The maximum Gasteiger partial charge on any atom is 0.373 e. The summed E-state index contributed by atoms with van der Waals surface area (Å²) in [5.41, 5.74) is 0. The van der Waals surface area contributed by atoms with Gasteiger partial charge in [-0.2, -0.15) is 5.10 Å². The molecule has 0 spiro atoms. The van der Waals surface area contributed by atoms with Gasteiger partial charge in [-0.3, -0.25) is 4.90 Å². The molecule has 1 atom stereocenters. The van der Waals surface area contributed by atoms with Crippen LogP contribution in [0.4, 0.5) is 0 Å². The van der Waals surface area contributed by atoms with Crippen LogP contribution in [-0.4, -0.2) is 45.8 Å². The molecular weight excluding hydrogens is 272 g/mol. The highest BCUT2D eigenvalue weighted by Crippen LogP contribution is 2.22. The summed E-state index contributed by atoms with van der Waals surface area (Å²) in [6.07, 6.45) is 5.53. The molecule has 0 amide bonds. The molecule has 0 aliphatic carbocycles. The second-order valence-corrected chi connectivity index (χ2v) is 5.16. The number of carbonyl (C=O) groups is 1. The van der Waals surface area contributed by atoms with Crippen molar-refractivity contribution in [3.8, 4) is 0 Å². The zero-order valence-corrected chi connectivity index (χ0v) is 11.9. The molecule has 0 radical (unpaired) electrons. The van der Waals surface area contributed by atoms with Crippen LogP contribution in [0.3, 0.4) is 0 Å². The molecule has 112 valence electrons. The summed E-state index contributed by atoms with van der Waals surface area (Å²) in [6, 6.07) is 3.82. The molecule has 1 unspecified atom stereocenters. The first-order valence-corrected chi connectivity index (χ1v) is 7.00. The molecule has 0 saturated carbocycles. The van der Waals surface area contributed by atoms with Crippen LogP contribution < -0.4 is 0 Å². The lowest BCUT2D eigenvalue weighted by molar-refractivity contribution is 0.0560. The summed E-state index contributed by atoms with van der Waals surface area (Å²) >= 11 is 0. The molecule has 21 heavy (non-hydrogen) atoms. The van der Waals surface area contributed by atoms with Gasteiger partial charge in [0, 0.05) is 6.54 Å². The maximum absolute atomic E-state index is 11.4. The molecule has 0 aromatic carbocycles. The molecule has 3 rings (SSSR count). The van der Waals surface area contributed by atoms with E-state index in [1.807, 2.05) is 10.7 Å². The average Bonchev–Trinajstić information content (AvgIpc) is 3.18. The second kappa shape index (κ2) is 6.09. The Hall–Kier alpha value is -2.15. The highest BCUT2D eigenvalue weighted by Gasteiger charge is 2.23. The van der Waals surface area contributed by atoms with Gasteiger partial charge in [-0.05, 0) is 31.5 Å². The summed E-state index contributed by atoms with van der Waals surface area (Å²) in [4.78, 5) is 17.7. The normalized spacial score (nSPS) is 19.6. The number of hydrogen-bond donors (Lipinski definition) is 0. The number of hydrogen-bond acceptors (Lipinski definition) is 6. The molecule has 1 saturated heterocycles. The van der Waals surface area contributed by atoms with Gasteiger partial charge in [-0.25, -0.2) is 14.5 Å². The van der Waals surface area contributed by atoms with Crippen molar-refractivity contribution in [2.45, 2.75) is 25.4 Å². The molecule has 1 fully saturated rings. The van der Waals surface area contributed by atoms with E-state index in [4.69, 9.17) is 4.42 Å². The van der Waals surface area contributed by atoms with Gasteiger partial charge in [-0.1, -0.05) is 0 Å². The van der Waals surface area contributed by atoms with E-state index in [0.717, 1.165) is 31.7 Å². The van der Waals surface area contributed by atoms with E-state index in [-0.39, 0.29) is 5.76 Å². The minimum atomic E-state index is -0.444. The quantitative estimate of drug-likeness (QED) is 0.794. The molecule has 3 heterocycles. The molecule has 0 N–H and O–H groups in total. The van der Waals surface area contributed by atoms with Gasteiger partial charge in [-0.15, -0.1) is 0 Å². The fourth-order valence-corrected chi connectivity index (χ4v) is 2.69. The van der Waals surface area contributed by atoms with E-state index >= 15 is 0 Å². The number of rotatable bonds is 4. The third-order valence-corrected chi connectivity index (χ3v) is 3.72. The Morgan fingerprint density at radius 2 is 2.43 bits per heavy atom. The average molecular weight is 290 g/mol. The Kier molecular flexibility index (Phi) is 4.01. The summed E-state index contributed by atoms with van der Waals surface area (Å²) in [6.45, 7) is 2.60. The van der Waals surface area contributed by atoms with Crippen LogP contribution in [0, 0.1) is 0 Å². The number of nitrogens with zero attached hydrogens (tertiary/aromatic N) is 4. The SMILES string of the molecule is COC(=O)c1ccc(CN2CCCC(n3cncn3)C2)o1. The first-order valence-electron chi connectivity index (χ1n) is 7.00. The van der Waals surface area contributed by atoms with Gasteiger partial charge >= 0.3 is 5.97 Å². The van der Waals surface area contributed by atoms with Crippen LogP contribution in [0.25, 0.3) is 0 Å². The zero-order chi connectivity index (χ0) is 14.7. The van der Waals surface area contributed by atoms with Crippen LogP contribution in [0.2, 0.25) is 0 Å². The molecule has 7 nitrogen and oxygen atoms in total. The lowest BCUT2D eigenvalue weighted by Crippen LogP contribution is -2.36. The van der Waals surface area contributed by atoms with Gasteiger partial charge in [0.15, 0.2) is 0 Å². The number of esters is 1. The van der Waals surface area contributed by atoms with Crippen LogP contribution in [-0.2, 0) is 11.3 Å². The van der Waals surface area contributed by atoms with Crippen molar-refractivity contribution in [1.29, 1.82) is 0 Å². The summed E-state index contributed by atoms with van der Waals surface area (Å²) in [5, 5.41) is 4.21. The molecule has 0 bridgehead atoms. The van der Waals surface area contributed by atoms with Gasteiger partial charge in [0.2, 0.25) is 5.76 Å². The first kappa shape index (κ1) is 13.8. The minimum absolute atomic E-state index is 0.248. The van der Waals surface area contributed by atoms with E-state index in [9.17, 15) is 4.79 Å². The Balaban J connectivity index is 1.62. The van der Waals surface area contributed by atoms with Crippen molar-refractivity contribution in [1.82, 2.24) is 19.7 Å². The van der Waals surface area contributed by atoms with Crippen molar-refractivity contribution < 1.29 is 13.9 Å². The highest BCUT2D eigenvalue weighted by molar-refractivity contribution is 5.86. The van der Waals surface area contributed by atoms with Gasteiger partial charge in [0.05, 0.1) is 19.7 Å². The number of likely N-dealkylation sites (tertiary alicyclic amines) is 1. The molecule has 1 aliphatic heterocycles. The lowest BCUT2D eigenvalue weighted by Gasteiger charge is -2.31. The Bertz CT molecular complexity index is 593. The smallest absolute Gasteiger partial charge is 0.373 e. The fraction of sp³-hybridized carbons (Fsp3) is 0.500. The van der Waals surface area contributed by atoms with E-state index in [2.05, 4.69) is 19.7 Å². The lowest BCUT2D eigenvalue weighted by atomic mass is 10.1. The third kappa shape index (κ3) is 3.13. The van der Waals surface area contributed by atoms with Crippen molar-refractivity contribution in [2.75, 3.05) is 20.2 Å². The largest absolute Gasteiger partial charge is 0.463 e. The summed E-state index contributed by atoms with van der Waals surface area (Å²) in [7, 11) is 1.35. The van der Waals surface area contributed by atoms with E-state index in [0.29, 0.717) is 12.6 Å². The standard InChI is InChI=1S/C14H18N4O3/c1-20-14(19)13-5-4-12(21-13)8-17-6-2-3-11(7-17)18-10-15-9-16-18/h4-5,9-11H,2-3,6-8H2,1H3. The molecular formula is C14H18N4O3. The Labute approximate surface area is 122 Å². The predicted octanol–water partition coefficient (Wildman–Crippen LogP) is 1.49. The first-order chi connectivity index (χ1) is 10.3. The Morgan fingerprint density at radius 3 is 3.19 bits per heavy atom. The number of furan rings is 1. The Morgan fingerprint density at radius 1 is 1.52 bits per heavy atom. The van der Waals surface area contributed by atoms with E-state index in [1.165, 1.54) is 7.11 Å². The van der Waals surface area contributed by atoms with Crippen LogP contribution >= 0.6 is 0 Å². The number of aromatic nitrogens is 3. The molecule has 2 aromatic rings. The van der Waals surface area contributed by atoms with Crippen molar-refractivity contribution in [3.63, 3.8) is 0 Å². The summed E-state index contributed by atoms with van der Waals surface area (Å²) < 4.78 is 12.1. The third-order valence-electron chi connectivity index (χ3n) is 3.72. The number of carbonyl (C=O) groups excluding carboxylic acids is 1. The topological polar surface area (TPSA) is 73.4 Å². The number of methoxy groups -OCH3 is 1. The molecule has 7 heteroatoms. The second-order valence-electron chi connectivity index (χ2n) is 5.16. The predicted molar refractivity (Wildman–Crippen MR) is 73.6 cm³/mol. The van der Waals surface area contributed by atoms with Crippen LogP contribution in [0.1, 0.15) is 35.2 Å². The fourth-order valence-electron chi connectivity index (χ4n) is 2.69. The van der Waals surface area contributed by atoms with Crippen molar-refractivity contribution >= 4 is 5.97 Å². The number of ether oxygens (including phenoxy) is 1. The minimum Gasteiger partial charge on any atom is -0.463 e. The zero-order valence-electron chi connectivity index (χ0n) is 11.9. The monoisotopic (exact) mass is 290 g/mol. The van der Waals surface area contributed by atoms with Crippen molar-refractivity contribution in [3.05, 3.63) is 36.3 Å². The van der Waals surface area contributed by atoms with Crippen LogP contribution in [0.15, 0.2) is 29.2 Å². The molecule has 2 aromatic heterocycles. The number of piperidine rings is 1. The van der Waals surface area contributed by atoms with Gasteiger partial charge in [0.1, 0.15) is 18.4 Å². The van der Waals surface area contributed by atoms with Gasteiger partial charge in [0.25, 0.3) is 0 Å². The molecule has 1 aliphatic rings. The maximum atomic E-state index is 11.4. The van der Waals surface area contributed by atoms with E-state index < -0.39 is 5.97 Å². The van der Waals surface area contributed by atoms with Gasteiger partial charge < -0.3 is 9.15 Å².